The van der Waals surface area contributed by atoms with E-state index in [1.165, 1.54) is 12.0 Å². The van der Waals surface area contributed by atoms with Crippen molar-refractivity contribution in [3.63, 3.8) is 0 Å². The molecule has 4 nitrogen and oxygen atoms in total. The van der Waals surface area contributed by atoms with Crippen molar-refractivity contribution in [2.75, 3.05) is 19.6 Å². The lowest BCUT2D eigenvalue weighted by molar-refractivity contribution is 0.0572. The first-order valence-corrected chi connectivity index (χ1v) is 8.81. The molecule has 2 aliphatic heterocycles. The lowest BCUT2D eigenvalue weighted by Crippen LogP contribution is -2.47. The van der Waals surface area contributed by atoms with E-state index in [2.05, 4.69) is 16.3 Å². The Hall–Kier alpha value is -1.59. The molecule has 2 aromatic heterocycles. The second kappa shape index (κ2) is 5.89. The van der Waals surface area contributed by atoms with Crippen LogP contribution in [-0.2, 0) is 13.0 Å². The maximum atomic E-state index is 12.3. The molecule has 0 saturated carbocycles. The number of furan rings is 1. The normalized spacial score (nSPS) is 20.1. The molecule has 2 aromatic rings. The number of carbonyl (C=O) groups excluding carboxylic acids is 1. The Bertz CT molecular complexity index is 641. The Morgan fingerprint density at radius 2 is 2.09 bits per heavy atom. The smallest absolute Gasteiger partial charge is 0.289 e. The van der Waals surface area contributed by atoms with Crippen molar-refractivity contribution >= 4 is 17.2 Å². The quantitative estimate of drug-likeness (QED) is 0.854. The van der Waals surface area contributed by atoms with Crippen molar-refractivity contribution in [2.24, 2.45) is 0 Å². The van der Waals surface area contributed by atoms with Crippen LogP contribution >= 0.6 is 11.3 Å². The highest BCUT2D eigenvalue weighted by atomic mass is 32.1. The molecule has 116 valence electrons. The summed E-state index contributed by atoms with van der Waals surface area (Å²) in [6.07, 6.45) is 4.86. The van der Waals surface area contributed by atoms with Gasteiger partial charge in [-0.3, -0.25) is 9.69 Å². The van der Waals surface area contributed by atoms with E-state index in [9.17, 15) is 4.79 Å². The number of fused-ring (bicyclic) bond motifs is 1. The van der Waals surface area contributed by atoms with E-state index in [1.54, 1.807) is 23.3 Å². The van der Waals surface area contributed by atoms with Gasteiger partial charge in [-0.2, -0.15) is 0 Å². The molecule has 1 fully saturated rings. The highest BCUT2D eigenvalue weighted by Crippen LogP contribution is 2.28. The Morgan fingerprint density at radius 3 is 2.86 bits per heavy atom. The zero-order valence-corrected chi connectivity index (χ0v) is 13.3. The van der Waals surface area contributed by atoms with Crippen molar-refractivity contribution in [3.8, 4) is 0 Å². The number of carbonyl (C=O) groups is 1. The van der Waals surface area contributed by atoms with Crippen molar-refractivity contribution in [2.45, 2.75) is 31.8 Å². The summed E-state index contributed by atoms with van der Waals surface area (Å²) < 4.78 is 5.22. The van der Waals surface area contributed by atoms with E-state index >= 15 is 0 Å². The third kappa shape index (κ3) is 2.59. The van der Waals surface area contributed by atoms with Crippen LogP contribution in [-0.4, -0.2) is 41.4 Å². The predicted molar refractivity (Wildman–Crippen MR) is 86.1 cm³/mol. The minimum Gasteiger partial charge on any atom is -0.459 e. The predicted octanol–water partition coefficient (Wildman–Crippen LogP) is 3.00. The molecule has 0 aliphatic carbocycles. The summed E-state index contributed by atoms with van der Waals surface area (Å²) in [5.41, 5.74) is 1.50. The summed E-state index contributed by atoms with van der Waals surface area (Å²) in [4.78, 5) is 18.4. The molecule has 0 spiro atoms. The number of nitrogens with zero attached hydrogens (tertiary/aromatic N) is 2. The average Bonchev–Trinajstić information content (AvgIpc) is 3.25. The maximum Gasteiger partial charge on any atom is 0.289 e. The van der Waals surface area contributed by atoms with Gasteiger partial charge in [-0.1, -0.05) is 0 Å². The highest BCUT2D eigenvalue weighted by Gasteiger charge is 2.30. The zero-order valence-electron chi connectivity index (χ0n) is 12.5. The minimum atomic E-state index is 0.0298. The third-order valence-corrected chi connectivity index (χ3v) is 5.86. The molecule has 0 aromatic carbocycles. The molecular weight excluding hydrogens is 296 g/mol. The van der Waals surface area contributed by atoms with Crippen LogP contribution in [0, 0.1) is 0 Å². The van der Waals surface area contributed by atoms with Crippen LogP contribution in [0.25, 0.3) is 0 Å². The standard InChI is InChI=1S/C17H20N2O2S/c20-17(15-2-1-10-21-15)18-7-3-14(4-8-18)19-9-5-16-13(12-19)6-11-22-16/h1-2,6,10-11,14H,3-5,7-9,12H2. The SMILES string of the molecule is O=C(c1ccco1)N1CCC(N2CCc3sccc3C2)CC1. The van der Waals surface area contributed by atoms with Gasteiger partial charge in [0.2, 0.25) is 0 Å². The van der Waals surface area contributed by atoms with Crippen LogP contribution < -0.4 is 0 Å². The molecule has 22 heavy (non-hydrogen) atoms. The molecule has 1 amide bonds. The number of hydrogen-bond acceptors (Lipinski definition) is 4. The Labute approximate surface area is 134 Å². The second-order valence-electron chi connectivity index (χ2n) is 6.09. The molecular formula is C17H20N2O2S. The fraction of sp³-hybridized carbons (Fsp3) is 0.471. The van der Waals surface area contributed by atoms with Gasteiger partial charge in [-0.05, 0) is 48.4 Å². The van der Waals surface area contributed by atoms with Crippen molar-refractivity contribution in [3.05, 3.63) is 46.0 Å². The van der Waals surface area contributed by atoms with Crippen molar-refractivity contribution in [1.82, 2.24) is 9.80 Å². The first-order chi connectivity index (χ1) is 10.8. The zero-order chi connectivity index (χ0) is 14.9. The van der Waals surface area contributed by atoms with E-state index in [0.717, 1.165) is 39.0 Å². The average molecular weight is 316 g/mol. The summed E-state index contributed by atoms with van der Waals surface area (Å²) >= 11 is 1.89. The van der Waals surface area contributed by atoms with E-state index in [4.69, 9.17) is 4.42 Å². The van der Waals surface area contributed by atoms with Gasteiger partial charge in [0.05, 0.1) is 6.26 Å². The van der Waals surface area contributed by atoms with Gasteiger partial charge >= 0.3 is 0 Å². The van der Waals surface area contributed by atoms with Crippen LogP contribution in [0.5, 0.6) is 0 Å². The van der Waals surface area contributed by atoms with Crippen LogP contribution in [0.1, 0.15) is 33.8 Å². The largest absolute Gasteiger partial charge is 0.459 e. The fourth-order valence-corrected chi connectivity index (χ4v) is 4.46. The van der Waals surface area contributed by atoms with E-state index in [1.807, 2.05) is 16.2 Å². The second-order valence-corrected chi connectivity index (χ2v) is 7.09. The molecule has 2 aliphatic rings. The first kappa shape index (κ1) is 14.0. The van der Waals surface area contributed by atoms with Crippen molar-refractivity contribution < 1.29 is 9.21 Å². The Balaban J connectivity index is 1.35. The van der Waals surface area contributed by atoms with Gasteiger partial charge in [0.25, 0.3) is 5.91 Å². The lowest BCUT2D eigenvalue weighted by Gasteiger charge is -2.40. The molecule has 0 atom stereocenters. The lowest BCUT2D eigenvalue weighted by atomic mass is 9.99. The van der Waals surface area contributed by atoms with Gasteiger partial charge in [0, 0.05) is 37.1 Å². The molecule has 5 heteroatoms. The Morgan fingerprint density at radius 1 is 1.23 bits per heavy atom. The molecule has 0 radical (unpaired) electrons. The number of piperidine rings is 1. The summed E-state index contributed by atoms with van der Waals surface area (Å²) in [5.74, 6) is 0.488. The highest BCUT2D eigenvalue weighted by molar-refractivity contribution is 7.10. The molecule has 0 unspecified atom stereocenters. The van der Waals surface area contributed by atoms with Gasteiger partial charge in [-0.25, -0.2) is 0 Å². The number of thiophene rings is 1. The number of likely N-dealkylation sites (tertiary alicyclic amines) is 1. The van der Waals surface area contributed by atoms with E-state index in [0.29, 0.717) is 11.8 Å². The van der Waals surface area contributed by atoms with Crippen molar-refractivity contribution in [1.29, 1.82) is 0 Å². The van der Waals surface area contributed by atoms with Crippen LogP contribution in [0.3, 0.4) is 0 Å². The van der Waals surface area contributed by atoms with Gasteiger partial charge in [-0.15, -0.1) is 11.3 Å². The van der Waals surface area contributed by atoms with Gasteiger partial charge < -0.3 is 9.32 Å². The van der Waals surface area contributed by atoms with Crippen LogP contribution in [0.2, 0.25) is 0 Å². The summed E-state index contributed by atoms with van der Waals surface area (Å²) in [6, 6.07) is 6.39. The molecule has 4 rings (SSSR count). The number of hydrogen-bond donors (Lipinski definition) is 0. The molecule has 0 N–H and O–H groups in total. The summed E-state index contributed by atoms with van der Waals surface area (Å²) in [7, 11) is 0. The molecule has 4 heterocycles. The maximum absolute atomic E-state index is 12.3. The third-order valence-electron chi connectivity index (χ3n) is 4.84. The number of rotatable bonds is 2. The Kier molecular flexibility index (Phi) is 3.76. The fourth-order valence-electron chi connectivity index (χ4n) is 3.57. The monoisotopic (exact) mass is 316 g/mol. The van der Waals surface area contributed by atoms with Gasteiger partial charge in [0.15, 0.2) is 5.76 Å². The molecule has 1 saturated heterocycles. The van der Waals surface area contributed by atoms with Crippen LogP contribution in [0.4, 0.5) is 0 Å². The molecule has 0 bridgehead atoms. The van der Waals surface area contributed by atoms with Gasteiger partial charge in [0.1, 0.15) is 0 Å². The summed E-state index contributed by atoms with van der Waals surface area (Å²) in [6.45, 7) is 3.90. The van der Waals surface area contributed by atoms with E-state index in [-0.39, 0.29) is 5.91 Å². The first-order valence-electron chi connectivity index (χ1n) is 7.93. The minimum absolute atomic E-state index is 0.0298. The summed E-state index contributed by atoms with van der Waals surface area (Å²) in [5, 5.41) is 2.21. The topological polar surface area (TPSA) is 36.7 Å². The number of amides is 1. The van der Waals surface area contributed by atoms with E-state index < -0.39 is 0 Å². The van der Waals surface area contributed by atoms with Crippen LogP contribution in [0.15, 0.2) is 34.3 Å².